The fourth-order valence-electron chi connectivity index (χ4n) is 3.02. The summed E-state index contributed by atoms with van der Waals surface area (Å²) in [7, 11) is 3.52. The number of aryl methyl sites for hydroxylation is 2. The SMILES string of the molecule is CC.CNCCn1cc(Nc2ncc(C(F)(F)F)c(-c3cc(SCCN(C)C=O)c(C)s3)n2)c(C)n1. The third-order valence-corrected chi connectivity index (χ3v) is 7.17. The lowest BCUT2D eigenvalue weighted by molar-refractivity contribution is -0.137. The Hall–Kier alpha value is -2.64. The molecule has 3 aromatic rings. The number of amides is 1. The Kier molecular flexibility index (Phi) is 11.2. The van der Waals surface area contributed by atoms with Gasteiger partial charge < -0.3 is 15.5 Å². The van der Waals surface area contributed by atoms with Gasteiger partial charge in [-0.3, -0.25) is 9.48 Å². The van der Waals surface area contributed by atoms with E-state index in [1.54, 1.807) is 30.9 Å². The van der Waals surface area contributed by atoms with E-state index in [4.69, 9.17) is 0 Å². The highest BCUT2D eigenvalue weighted by Gasteiger charge is 2.36. The van der Waals surface area contributed by atoms with Crippen molar-refractivity contribution in [3.63, 3.8) is 0 Å². The van der Waals surface area contributed by atoms with Gasteiger partial charge in [-0.1, -0.05) is 13.8 Å². The molecular formula is C23H32F3N7OS2. The molecule has 0 bridgehead atoms. The lowest BCUT2D eigenvalue weighted by Crippen LogP contribution is -2.18. The Morgan fingerprint density at radius 2 is 2.00 bits per heavy atom. The lowest BCUT2D eigenvalue weighted by Gasteiger charge is -2.12. The first kappa shape index (κ1) is 29.6. The summed E-state index contributed by atoms with van der Waals surface area (Å²) in [5.41, 5.74) is 0.250. The van der Waals surface area contributed by atoms with Crippen LogP contribution in [0.3, 0.4) is 0 Å². The second kappa shape index (κ2) is 13.6. The maximum Gasteiger partial charge on any atom is 0.420 e. The molecule has 3 rings (SSSR count). The molecule has 0 aliphatic carbocycles. The molecule has 1 amide bonds. The lowest BCUT2D eigenvalue weighted by atomic mass is 10.2. The van der Waals surface area contributed by atoms with Crippen molar-refractivity contribution in [3.05, 3.63) is 34.6 Å². The van der Waals surface area contributed by atoms with Crippen LogP contribution in [0.5, 0.6) is 0 Å². The van der Waals surface area contributed by atoms with Crippen molar-refractivity contribution in [2.75, 3.05) is 38.3 Å². The van der Waals surface area contributed by atoms with Gasteiger partial charge in [0.2, 0.25) is 12.4 Å². The Morgan fingerprint density at radius 1 is 1.28 bits per heavy atom. The molecule has 8 nitrogen and oxygen atoms in total. The van der Waals surface area contributed by atoms with Crippen LogP contribution in [0.15, 0.2) is 23.4 Å². The second-order valence-electron chi connectivity index (χ2n) is 7.54. The summed E-state index contributed by atoms with van der Waals surface area (Å²) < 4.78 is 43.0. The Balaban J connectivity index is 0.00000222. The Bertz CT molecular complexity index is 1130. The number of thioether (sulfide) groups is 1. The third kappa shape index (κ3) is 7.93. The average Bonchev–Trinajstić information content (AvgIpc) is 3.39. The molecule has 3 aromatic heterocycles. The van der Waals surface area contributed by atoms with E-state index in [0.717, 1.165) is 28.9 Å². The first-order valence-electron chi connectivity index (χ1n) is 11.4. The number of likely N-dealkylation sites (N-methyl/N-ethyl adjacent to an activating group) is 1. The quantitative estimate of drug-likeness (QED) is 0.254. The van der Waals surface area contributed by atoms with E-state index in [9.17, 15) is 18.0 Å². The van der Waals surface area contributed by atoms with Crippen LogP contribution in [0.4, 0.5) is 24.8 Å². The summed E-state index contributed by atoms with van der Waals surface area (Å²) in [5, 5.41) is 10.4. The van der Waals surface area contributed by atoms with Gasteiger partial charge in [0, 0.05) is 48.1 Å². The molecule has 0 unspecified atom stereocenters. The average molecular weight is 544 g/mol. The van der Waals surface area contributed by atoms with Gasteiger partial charge in [-0.25, -0.2) is 9.97 Å². The zero-order valence-corrected chi connectivity index (χ0v) is 22.9. The summed E-state index contributed by atoms with van der Waals surface area (Å²) in [6.45, 7) is 9.57. The van der Waals surface area contributed by atoms with Crippen molar-refractivity contribution >= 4 is 41.1 Å². The first-order chi connectivity index (χ1) is 17.1. The molecule has 0 aromatic carbocycles. The summed E-state index contributed by atoms with van der Waals surface area (Å²) in [4.78, 5) is 22.6. The van der Waals surface area contributed by atoms with E-state index in [1.807, 2.05) is 27.8 Å². The summed E-state index contributed by atoms with van der Waals surface area (Å²) in [5.74, 6) is 0.693. The van der Waals surface area contributed by atoms with Crippen LogP contribution in [-0.4, -0.2) is 64.0 Å². The fourth-order valence-corrected chi connectivity index (χ4v) is 5.32. The highest BCUT2D eigenvalue weighted by atomic mass is 32.2. The van der Waals surface area contributed by atoms with Crippen molar-refractivity contribution in [1.29, 1.82) is 0 Å². The molecule has 0 saturated carbocycles. The van der Waals surface area contributed by atoms with Gasteiger partial charge in [-0.15, -0.1) is 23.1 Å². The zero-order valence-electron chi connectivity index (χ0n) is 21.2. The van der Waals surface area contributed by atoms with E-state index >= 15 is 0 Å². The summed E-state index contributed by atoms with van der Waals surface area (Å²) in [6.07, 6.45) is -1.27. The predicted molar refractivity (Wildman–Crippen MR) is 140 cm³/mol. The van der Waals surface area contributed by atoms with Crippen LogP contribution in [0.1, 0.15) is 30.0 Å². The van der Waals surface area contributed by atoms with Crippen LogP contribution in [0, 0.1) is 13.8 Å². The number of nitrogens with zero attached hydrogens (tertiary/aromatic N) is 5. The van der Waals surface area contributed by atoms with Crippen LogP contribution in [-0.2, 0) is 17.5 Å². The molecule has 36 heavy (non-hydrogen) atoms. The third-order valence-electron chi connectivity index (χ3n) is 4.87. The maximum absolute atomic E-state index is 13.8. The molecule has 2 N–H and O–H groups in total. The number of thiophene rings is 1. The number of aromatic nitrogens is 4. The maximum atomic E-state index is 13.8. The van der Waals surface area contributed by atoms with E-state index in [-0.39, 0.29) is 11.6 Å². The van der Waals surface area contributed by atoms with Crippen LogP contribution >= 0.6 is 23.1 Å². The normalized spacial score (nSPS) is 11.1. The minimum atomic E-state index is -4.60. The highest BCUT2D eigenvalue weighted by Crippen LogP contribution is 2.41. The minimum absolute atomic E-state index is 0.0622. The first-order valence-corrected chi connectivity index (χ1v) is 13.2. The number of carbonyl (C=O) groups is 1. The predicted octanol–water partition coefficient (Wildman–Crippen LogP) is 5.21. The van der Waals surface area contributed by atoms with Crippen LogP contribution in [0.2, 0.25) is 0 Å². The largest absolute Gasteiger partial charge is 0.420 e. The van der Waals surface area contributed by atoms with Crippen molar-refractivity contribution in [3.8, 4) is 10.6 Å². The molecule has 0 fully saturated rings. The molecule has 0 saturated heterocycles. The van der Waals surface area contributed by atoms with E-state index < -0.39 is 11.7 Å². The molecule has 3 heterocycles. The molecular weight excluding hydrogens is 511 g/mol. The van der Waals surface area contributed by atoms with Gasteiger partial charge >= 0.3 is 6.18 Å². The van der Waals surface area contributed by atoms with E-state index in [0.29, 0.717) is 35.1 Å². The van der Waals surface area contributed by atoms with Gasteiger partial charge in [-0.05, 0) is 27.0 Å². The van der Waals surface area contributed by atoms with E-state index in [2.05, 4.69) is 25.7 Å². The molecule has 198 valence electrons. The van der Waals surface area contributed by atoms with Gasteiger partial charge in [0.25, 0.3) is 0 Å². The summed E-state index contributed by atoms with van der Waals surface area (Å²) in [6, 6.07) is 1.72. The fraction of sp³-hybridized carbons (Fsp3) is 0.478. The van der Waals surface area contributed by atoms with Crippen molar-refractivity contribution < 1.29 is 18.0 Å². The second-order valence-corrected chi connectivity index (χ2v) is 9.93. The van der Waals surface area contributed by atoms with Gasteiger partial charge in [0.05, 0.1) is 28.5 Å². The number of carbonyl (C=O) groups excluding carboxylic acids is 1. The van der Waals surface area contributed by atoms with Gasteiger partial charge in [-0.2, -0.15) is 18.3 Å². The topological polar surface area (TPSA) is 88.0 Å². The number of nitrogens with one attached hydrogen (secondary N) is 2. The molecule has 0 aliphatic heterocycles. The summed E-state index contributed by atoms with van der Waals surface area (Å²) >= 11 is 2.74. The number of alkyl halides is 3. The molecule has 13 heteroatoms. The Labute approximate surface area is 217 Å². The van der Waals surface area contributed by atoms with Gasteiger partial charge in [0.1, 0.15) is 5.56 Å². The van der Waals surface area contributed by atoms with Crippen molar-refractivity contribution in [1.82, 2.24) is 30.0 Å². The van der Waals surface area contributed by atoms with Gasteiger partial charge in [0.15, 0.2) is 0 Å². The smallest absolute Gasteiger partial charge is 0.347 e. The minimum Gasteiger partial charge on any atom is -0.347 e. The Morgan fingerprint density at radius 3 is 2.64 bits per heavy atom. The molecule has 0 radical (unpaired) electrons. The monoisotopic (exact) mass is 543 g/mol. The number of rotatable bonds is 11. The molecule has 0 atom stereocenters. The van der Waals surface area contributed by atoms with Crippen molar-refractivity contribution in [2.24, 2.45) is 0 Å². The number of hydrogen-bond donors (Lipinski definition) is 2. The molecule has 0 spiro atoms. The van der Waals surface area contributed by atoms with Crippen LogP contribution in [0.25, 0.3) is 10.6 Å². The van der Waals surface area contributed by atoms with Crippen molar-refractivity contribution in [2.45, 2.75) is 45.3 Å². The number of halogens is 3. The van der Waals surface area contributed by atoms with Crippen LogP contribution < -0.4 is 10.6 Å². The van der Waals surface area contributed by atoms with E-state index in [1.165, 1.54) is 28.0 Å². The highest BCUT2D eigenvalue weighted by molar-refractivity contribution is 7.99. The zero-order chi connectivity index (χ0) is 26.9. The molecule has 0 aliphatic rings. The standard InChI is InChI=1S/C21H26F3N7OS2.C2H6/c1-13-16(11-31(29-13)6-5-25-3)27-20-26-10-15(21(22,23)24)19(28-20)18-9-17(14(2)34-18)33-8-7-30(4)12-32;1-2/h9-12,25H,5-8H2,1-4H3,(H,26,27,28);1-2H3. The number of anilines is 2. The number of hydrogen-bond acceptors (Lipinski definition) is 8.